The predicted molar refractivity (Wildman–Crippen MR) is 57.1 cm³/mol. The van der Waals surface area contributed by atoms with Gasteiger partial charge in [0.05, 0.1) is 0 Å². The maximum absolute atomic E-state index is 10.2. The molecule has 14 heavy (non-hydrogen) atoms. The summed E-state index contributed by atoms with van der Waals surface area (Å²) >= 11 is 0. The first-order valence-electron chi connectivity index (χ1n) is 5.58. The summed E-state index contributed by atoms with van der Waals surface area (Å²) in [5.74, 6) is 0.887. The minimum Gasteiger partial charge on any atom is -0.481 e. The molecule has 0 bridgehead atoms. The summed E-state index contributed by atoms with van der Waals surface area (Å²) < 4.78 is 0. The van der Waals surface area contributed by atoms with Crippen molar-refractivity contribution in [2.75, 3.05) is 0 Å². The zero-order valence-electron chi connectivity index (χ0n) is 8.91. The van der Waals surface area contributed by atoms with Crippen molar-refractivity contribution < 1.29 is 9.90 Å². The molecule has 1 aliphatic rings. The molecule has 1 saturated carbocycles. The summed E-state index contributed by atoms with van der Waals surface area (Å²) in [7, 11) is 0. The maximum Gasteiger partial charge on any atom is 0.303 e. The van der Waals surface area contributed by atoms with Crippen LogP contribution < -0.4 is 0 Å². The number of unbranched alkanes of at least 4 members (excludes halogenated alkanes) is 1. The van der Waals surface area contributed by atoms with Crippen molar-refractivity contribution in [1.29, 1.82) is 0 Å². The summed E-state index contributed by atoms with van der Waals surface area (Å²) in [5, 5.41) is 8.44. The van der Waals surface area contributed by atoms with Gasteiger partial charge < -0.3 is 5.11 Å². The minimum absolute atomic E-state index is 0.296. The lowest BCUT2D eigenvalue weighted by atomic mass is 9.97. The Bertz CT molecular complexity index is 208. The van der Waals surface area contributed by atoms with Gasteiger partial charge in [0, 0.05) is 6.42 Å². The Morgan fingerprint density at radius 1 is 1.50 bits per heavy atom. The third-order valence-corrected chi connectivity index (χ3v) is 3.07. The molecular weight excluding hydrogens is 176 g/mol. The standard InChI is InChI=1S/C12H20O2/c1-10-6-5-8-11(10)7-3-2-4-9-12(13)14/h3,7,10-11H,2,4-6,8-9H2,1H3,(H,13,14)/b7-3-. The van der Waals surface area contributed by atoms with Gasteiger partial charge in [-0.05, 0) is 31.1 Å². The minimum atomic E-state index is -0.687. The average molecular weight is 196 g/mol. The molecule has 2 unspecified atom stereocenters. The molecule has 0 aromatic heterocycles. The van der Waals surface area contributed by atoms with Crippen LogP contribution in [0.1, 0.15) is 45.4 Å². The molecule has 2 nitrogen and oxygen atoms in total. The fourth-order valence-electron chi connectivity index (χ4n) is 2.10. The lowest BCUT2D eigenvalue weighted by molar-refractivity contribution is -0.137. The van der Waals surface area contributed by atoms with Crippen LogP contribution in [0.4, 0.5) is 0 Å². The van der Waals surface area contributed by atoms with Gasteiger partial charge in [-0.15, -0.1) is 0 Å². The second-order valence-corrected chi connectivity index (χ2v) is 4.29. The van der Waals surface area contributed by atoms with Gasteiger partial charge in [-0.25, -0.2) is 0 Å². The van der Waals surface area contributed by atoms with E-state index in [0.29, 0.717) is 6.42 Å². The van der Waals surface area contributed by atoms with Gasteiger partial charge in [-0.2, -0.15) is 0 Å². The number of hydrogen-bond donors (Lipinski definition) is 1. The van der Waals surface area contributed by atoms with Crippen molar-refractivity contribution in [3.8, 4) is 0 Å². The number of carbonyl (C=O) groups is 1. The molecule has 80 valence electrons. The molecule has 0 heterocycles. The van der Waals surface area contributed by atoms with E-state index in [1.807, 2.05) is 0 Å². The zero-order valence-corrected chi connectivity index (χ0v) is 8.91. The molecule has 0 aliphatic heterocycles. The number of carboxylic acids is 1. The molecule has 1 fully saturated rings. The van der Waals surface area contributed by atoms with Crippen LogP contribution in [0.2, 0.25) is 0 Å². The highest BCUT2D eigenvalue weighted by atomic mass is 16.4. The smallest absolute Gasteiger partial charge is 0.303 e. The van der Waals surface area contributed by atoms with Crippen LogP contribution in [0.15, 0.2) is 12.2 Å². The predicted octanol–water partition coefficient (Wildman–Crippen LogP) is 3.23. The van der Waals surface area contributed by atoms with E-state index in [2.05, 4.69) is 19.1 Å². The Morgan fingerprint density at radius 2 is 2.29 bits per heavy atom. The molecule has 1 aliphatic carbocycles. The van der Waals surface area contributed by atoms with Crippen molar-refractivity contribution in [3.63, 3.8) is 0 Å². The summed E-state index contributed by atoms with van der Waals surface area (Å²) in [5.41, 5.74) is 0. The Labute approximate surface area is 86.0 Å². The highest BCUT2D eigenvalue weighted by molar-refractivity contribution is 5.66. The first kappa shape index (κ1) is 11.3. The van der Waals surface area contributed by atoms with E-state index in [0.717, 1.165) is 24.7 Å². The highest BCUT2D eigenvalue weighted by Gasteiger charge is 2.19. The third-order valence-electron chi connectivity index (χ3n) is 3.07. The van der Waals surface area contributed by atoms with Crippen LogP contribution >= 0.6 is 0 Å². The Hall–Kier alpha value is -0.790. The Morgan fingerprint density at radius 3 is 2.86 bits per heavy atom. The molecule has 1 rings (SSSR count). The van der Waals surface area contributed by atoms with Crippen molar-refractivity contribution in [2.24, 2.45) is 11.8 Å². The van der Waals surface area contributed by atoms with E-state index in [-0.39, 0.29) is 0 Å². The molecule has 0 saturated heterocycles. The van der Waals surface area contributed by atoms with Crippen LogP contribution in [0, 0.1) is 11.8 Å². The molecule has 0 radical (unpaired) electrons. The Balaban J connectivity index is 2.10. The van der Waals surface area contributed by atoms with Gasteiger partial charge in [0.15, 0.2) is 0 Å². The zero-order chi connectivity index (χ0) is 10.4. The van der Waals surface area contributed by atoms with Crippen molar-refractivity contribution in [2.45, 2.75) is 45.4 Å². The molecule has 0 aromatic rings. The molecule has 0 amide bonds. The van der Waals surface area contributed by atoms with E-state index in [1.165, 1.54) is 19.3 Å². The number of allylic oxidation sites excluding steroid dienone is 2. The van der Waals surface area contributed by atoms with E-state index in [4.69, 9.17) is 5.11 Å². The van der Waals surface area contributed by atoms with Crippen molar-refractivity contribution in [3.05, 3.63) is 12.2 Å². The van der Waals surface area contributed by atoms with Gasteiger partial charge in [0.1, 0.15) is 0 Å². The number of carboxylic acid groups (broad SMARTS) is 1. The van der Waals surface area contributed by atoms with E-state index >= 15 is 0 Å². The van der Waals surface area contributed by atoms with Crippen LogP contribution in [0.5, 0.6) is 0 Å². The van der Waals surface area contributed by atoms with Gasteiger partial charge >= 0.3 is 5.97 Å². The van der Waals surface area contributed by atoms with Crippen LogP contribution in [0.25, 0.3) is 0 Å². The number of hydrogen-bond acceptors (Lipinski definition) is 1. The second kappa shape index (κ2) is 5.84. The SMILES string of the molecule is CC1CCCC1/C=C\CCCC(=O)O. The van der Waals surface area contributed by atoms with E-state index < -0.39 is 5.97 Å². The van der Waals surface area contributed by atoms with E-state index in [1.54, 1.807) is 0 Å². The lowest BCUT2D eigenvalue weighted by Crippen LogP contribution is -1.99. The van der Waals surface area contributed by atoms with Gasteiger partial charge in [-0.3, -0.25) is 4.79 Å². The largest absolute Gasteiger partial charge is 0.481 e. The Kier molecular flexibility index (Phi) is 4.71. The fraction of sp³-hybridized carbons (Fsp3) is 0.750. The quantitative estimate of drug-likeness (QED) is 0.541. The van der Waals surface area contributed by atoms with Crippen LogP contribution in [0.3, 0.4) is 0 Å². The van der Waals surface area contributed by atoms with Crippen molar-refractivity contribution >= 4 is 5.97 Å². The molecule has 1 N–H and O–H groups in total. The van der Waals surface area contributed by atoms with Gasteiger partial charge in [0.25, 0.3) is 0 Å². The first-order chi connectivity index (χ1) is 6.70. The molecule has 0 spiro atoms. The molecule has 2 heteroatoms. The normalized spacial score (nSPS) is 27.2. The summed E-state index contributed by atoms with van der Waals surface area (Å²) in [6.07, 6.45) is 10.5. The van der Waals surface area contributed by atoms with E-state index in [9.17, 15) is 4.79 Å². The molecule has 0 aromatic carbocycles. The summed E-state index contributed by atoms with van der Waals surface area (Å²) in [4.78, 5) is 10.2. The lowest BCUT2D eigenvalue weighted by Gasteiger charge is -2.08. The van der Waals surface area contributed by atoms with Crippen molar-refractivity contribution in [1.82, 2.24) is 0 Å². The highest BCUT2D eigenvalue weighted by Crippen LogP contribution is 2.32. The van der Waals surface area contributed by atoms with Crippen LogP contribution in [-0.4, -0.2) is 11.1 Å². The third kappa shape index (κ3) is 3.95. The number of rotatable bonds is 5. The van der Waals surface area contributed by atoms with Crippen LogP contribution in [-0.2, 0) is 4.79 Å². The maximum atomic E-state index is 10.2. The molecular formula is C12H20O2. The number of aliphatic carboxylic acids is 1. The fourth-order valence-corrected chi connectivity index (χ4v) is 2.10. The summed E-state index contributed by atoms with van der Waals surface area (Å²) in [6.45, 7) is 2.30. The first-order valence-corrected chi connectivity index (χ1v) is 5.58. The molecule has 2 atom stereocenters. The van der Waals surface area contributed by atoms with Gasteiger partial charge in [0.2, 0.25) is 0 Å². The second-order valence-electron chi connectivity index (χ2n) is 4.29. The van der Waals surface area contributed by atoms with Gasteiger partial charge in [-0.1, -0.05) is 31.9 Å². The topological polar surface area (TPSA) is 37.3 Å². The summed E-state index contributed by atoms with van der Waals surface area (Å²) in [6, 6.07) is 0. The average Bonchev–Trinajstić information content (AvgIpc) is 2.51. The monoisotopic (exact) mass is 196 g/mol.